The van der Waals surface area contributed by atoms with Crippen LogP contribution >= 0.6 is 0 Å². The molecule has 0 unspecified atom stereocenters. The lowest BCUT2D eigenvalue weighted by Gasteiger charge is -2.32. The van der Waals surface area contributed by atoms with Gasteiger partial charge in [0.2, 0.25) is 11.8 Å². The van der Waals surface area contributed by atoms with Crippen LogP contribution < -0.4 is 32.0 Å². The number of Topliss-reactive ketones (excluding diaryl/α,β-unsaturated/α-hetero) is 3. The van der Waals surface area contributed by atoms with E-state index in [4.69, 9.17) is 36.6 Å². The summed E-state index contributed by atoms with van der Waals surface area (Å²) in [5, 5.41) is 12.1. The van der Waals surface area contributed by atoms with Gasteiger partial charge in [-0.2, -0.15) is 5.26 Å². The van der Waals surface area contributed by atoms with Crippen molar-refractivity contribution in [3.63, 3.8) is 0 Å². The van der Waals surface area contributed by atoms with Gasteiger partial charge in [-0.1, -0.05) is 64.1 Å². The van der Waals surface area contributed by atoms with Crippen LogP contribution in [0.1, 0.15) is 111 Å². The highest BCUT2D eigenvalue weighted by molar-refractivity contribution is 6.01. The van der Waals surface area contributed by atoms with E-state index in [0.717, 1.165) is 12.0 Å². The third kappa shape index (κ3) is 12.6. The summed E-state index contributed by atoms with van der Waals surface area (Å²) in [6.07, 6.45) is 0.581. The molecule has 356 valence electrons. The minimum absolute atomic E-state index is 0.0112. The van der Waals surface area contributed by atoms with E-state index in [0.29, 0.717) is 56.5 Å². The van der Waals surface area contributed by atoms with Gasteiger partial charge in [-0.25, -0.2) is 9.97 Å². The molecule has 1 aliphatic heterocycles. The zero-order valence-corrected chi connectivity index (χ0v) is 39.9. The highest BCUT2D eigenvalue weighted by atomic mass is 16.5. The van der Waals surface area contributed by atoms with E-state index in [1.54, 1.807) is 51.1 Å². The molecular weight excluding hydrogens is 849 g/mol. The molecular formula is C52H66N8O7. The third-order valence-electron chi connectivity index (χ3n) is 12.7. The summed E-state index contributed by atoms with van der Waals surface area (Å²) in [6, 6.07) is 18.4. The second-order valence-electron chi connectivity index (χ2n) is 18.0. The Balaban J connectivity index is 1.56. The molecule has 1 aromatic heterocycles. The maximum Gasteiger partial charge on any atom is 0.226 e. The summed E-state index contributed by atoms with van der Waals surface area (Å²) >= 11 is 0. The minimum Gasteiger partial charge on any atom is -0.492 e. The number of fused-ring (bicyclic) bond motifs is 5. The van der Waals surface area contributed by atoms with Crippen LogP contribution in [0.25, 0.3) is 22.5 Å². The predicted octanol–water partition coefficient (Wildman–Crippen LogP) is 6.04. The van der Waals surface area contributed by atoms with Crippen LogP contribution in [0.5, 0.6) is 11.5 Å². The van der Waals surface area contributed by atoms with Crippen molar-refractivity contribution in [1.82, 2.24) is 20.2 Å². The Bertz CT molecular complexity index is 2460. The summed E-state index contributed by atoms with van der Waals surface area (Å²) in [5.41, 5.74) is 23.3. The number of hydrogen-bond acceptors (Lipinski definition) is 13. The molecule has 4 atom stereocenters. The SMILES string of the molecule is CCC(C)(C)c1ccc(-c2nc(C)c(C(=O)C[C@@H](CCN)C(=O)N(C)[C@@H]3C(=O)C[C@@H](C)C(=O)N[C@H](C(=O)CCC#N)Cc4ccc(OCCN)c(c4)-c4cc3ccc4OCCN)c(C)n2)cc1. The average molecular weight is 915 g/mol. The number of nitrogens with two attached hydrogens (primary N) is 3. The summed E-state index contributed by atoms with van der Waals surface area (Å²) in [5.74, 6) is -2.68. The first kappa shape index (κ1) is 51.6. The van der Waals surface area contributed by atoms with Crippen molar-refractivity contribution < 1.29 is 33.4 Å². The monoisotopic (exact) mass is 915 g/mol. The Morgan fingerprint density at radius 1 is 0.896 bits per heavy atom. The Morgan fingerprint density at radius 2 is 1.51 bits per heavy atom. The van der Waals surface area contributed by atoms with Crippen LogP contribution in [-0.4, -0.2) is 90.0 Å². The third-order valence-corrected chi connectivity index (χ3v) is 12.7. The van der Waals surface area contributed by atoms with Gasteiger partial charge in [-0.3, -0.25) is 24.0 Å². The number of aromatic nitrogens is 2. The van der Waals surface area contributed by atoms with Gasteiger partial charge < -0.3 is 36.9 Å². The topological polar surface area (TPSA) is 247 Å². The van der Waals surface area contributed by atoms with Gasteiger partial charge in [0, 0.05) is 74.3 Å². The lowest BCUT2D eigenvalue weighted by atomic mass is 9.82. The van der Waals surface area contributed by atoms with Gasteiger partial charge in [-0.05, 0) is 86.0 Å². The molecule has 67 heavy (non-hydrogen) atoms. The number of ketones is 3. The number of rotatable bonds is 19. The zero-order valence-electron chi connectivity index (χ0n) is 39.9. The normalized spacial score (nSPS) is 16.8. The lowest BCUT2D eigenvalue weighted by Crippen LogP contribution is -2.46. The smallest absolute Gasteiger partial charge is 0.226 e. The fraction of sp³-hybridized carbons (Fsp3) is 0.462. The van der Waals surface area contributed by atoms with Gasteiger partial charge in [0.1, 0.15) is 30.8 Å². The Morgan fingerprint density at radius 3 is 2.09 bits per heavy atom. The standard InChI is InChI=1S/C52H66N8O7/c1-8-52(5,6)38-15-12-35(13-16-38)49-57-32(3)47(33(4)58-49)43(62)30-37(19-21-54)51(65)60(7)48-36-14-18-46(67-25-23-56)40(29-36)39-27-34(11-17-45(39)66-24-22-55)28-41(42(61)10-9-20-53)59-50(64)31(2)26-44(48)63/h11-18,27,29,31,37,41,48H,8-10,19,21-26,28,30,54-56H2,1-7H3,(H,59,64)/t31-,37-,41+,48+/m1/s1. The first-order valence-electron chi connectivity index (χ1n) is 23.1. The largest absolute Gasteiger partial charge is 0.492 e. The second-order valence-corrected chi connectivity index (χ2v) is 18.0. The van der Waals surface area contributed by atoms with Crippen molar-refractivity contribution in [2.24, 2.45) is 29.0 Å². The Hall–Kier alpha value is -6.34. The second kappa shape index (κ2) is 23.4. The number of nitrogens with one attached hydrogen (secondary N) is 1. The van der Waals surface area contributed by atoms with Crippen molar-refractivity contribution in [1.29, 1.82) is 5.26 Å². The molecule has 0 spiro atoms. The molecule has 0 saturated carbocycles. The molecule has 0 aliphatic carbocycles. The molecule has 0 fully saturated rings. The van der Waals surface area contributed by atoms with E-state index in [2.05, 4.69) is 38.2 Å². The van der Waals surface area contributed by atoms with Gasteiger partial charge in [-0.15, -0.1) is 0 Å². The first-order chi connectivity index (χ1) is 32.0. The van der Waals surface area contributed by atoms with Crippen LogP contribution in [0.2, 0.25) is 0 Å². The van der Waals surface area contributed by atoms with Gasteiger partial charge in [0.15, 0.2) is 23.2 Å². The quantitative estimate of drug-likeness (QED) is 0.0785. The molecule has 15 heteroatoms. The number of amides is 2. The summed E-state index contributed by atoms with van der Waals surface area (Å²) in [4.78, 5) is 82.0. The number of carbonyl (C=O) groups excluding carboxylic acids is 5. The van der Waals surface area contributed by atoms with E-state index < -0.39 is 41.5 Å². The molecule has 3 aromatic carbocycles. The van der Waals surface area contributed by atoms with Gasteiger partial charge >= 0.3 is 0 Å². The number of nitriles is 1. The van der Waals surface area contributed by atoms with Crippen LogP contribution in [0, 0.1) is 37.0 Å². The number of aryl methyl sites for hydroxylation is 2. The van der Waals surface area contributed by atoms with Crippen molar-refractivity contribution in [2.75, 3.05) is 39.9 Å². The molecule has 2 amide bonds. The highest BCUT2D eigenvalue weighted by Crippen LogP contribution is 2.41. The lowest BCUT2D eigenvalue weighted by molar-refractivity contribution is -0.142. The number of benzene rings is 3. The van der Waals surface area contributed by atoms with Crippen LogP contribution in [0.3, 0.4) is 0 Å². The first-order valence-corrected chi connectivity index (χ1v) is 23.1. The minimum atomic E-state index is -1.24. The van der Waals surface area contributed by atoms with E-state index in [1.807, 2.05) is 24.3 Å². The summed E-state index contributed by atoms with van der Waals surface area (Å²) in [7, 11) is 1.51. The van der Waals surface area contributed by atoms with E-state index in [-0.39, 0.29) is 88.4 Å². The number of ether oxygens (including phenoxy) is 2. The average Bonchev–Trinajstić information content (AvgIpc) is 3.31. The van der Waals surface area contributed by atoms with Gasteiger partial charge in [0.25, 0.3) is 0 Å². The van der Waals surface area contributed by atoms with E-state index in [9.17, 15) is 29.2 Å². The summed E-state index contributed by atoms with van der Waals surface area (Å²) < 4.78 is 12.3. The molecule has 5 rings (SSSR count). The molecule has 7 N–H and O–H groups in total. The fourth-order valence-corrected chi connectivity index (χ4v) is 8.49. The van der Waals surface area contributed by atoms with E-state index in [1.165, 1.54) is 17.5 Å². The molecule has 0 radical (unpaired) electrons. The van der Waals surface area contributed by atoms with Crippen LogP contribution in [0.4, 0.5) is 0 Å². The summed E-state index contributed by atoms with van der Waals surface area (Å²) in [6.45, 7) is 12.5. The van der Waals surface area contributed by atoms with Crippen molar-refractivity contribution in [2.45, 2.75) is 104 Å². The zero-order chi connectivity index (χ0) is 49.0. The molecule has 4 bridgehead atoms. The van der Waals surface area contributed by atoms with Crippen molar-refractivity contribution >= 4 is 29.2 Å². The Labute approximate surface area is 394 Å². The van der Waals surface area contributed by atoms with Crippen molar-refractivity contribution in [3.05, 3.63) is 94.3 Å². The molecule has 1 aliphatic rings. The van der Waals surface area contributed by atoms with Crippen LogP contribution in [-0.2, 0) is 31.0 Å². The van der Waals surface area contributed by atoms with E-state index >= 15 is 0 Å². The molecule has 15 nitrogen and oxygen atoms in total. The Kier molecular flexibility index (Phi) is 18.0. The number of carbonyl (C=O) groups is 5. The van der Waals surface area contributed by atoms with Crippen molar-refractivity contribution in [3.8, 4) is 40.1 Å². The maximum absolute atomic E-state index is 14.8. The number of hydrogen-bond donors (Lipinski definition) is 4. The fourth-order valence-electron chi connectivity index (χ4n) is 8.49. The maximum atomic E-state index is 14.8. The molecule has 2 heterocycles. The predicted molar refractivity (Wildman–Crippen MR) is 257 cm³/mol. The van der Waals surface area contributed by atoms with Crippen LogP contribution in [0.15, 0.2) is 60.7 Å². The van der Waals surface area contributed by atoms with Gasteiger partial charge in [0.05, 0.1) is 29.1 Å². The number of nitrogens with zero attached hydrogens (tertiary/aromatic N) is 4. The molecule has 0 saturated heterocycles. The highest BCUT2D eigenvalue weighted by Gasteiger charge is 2.36. The molecule has 4 aromatic rings. The number of likely N-dealkylation sites (N-methyl/N-ethyl adjacent to an activating group) is 1.